The average Bonchev–Trinajstić information content (AvgIpc) is 2.69. The van der Waals surface area contributed by atoms with E-state index in [1.54, 1.807) is 7.05 Å². The van der Waals surface area contributed by atoms with Crippen LogP contribution in [0.1, 0.15) is 17.0 Å². The van der Waals surface area contributed by atoms with E-state index in [0.29, 0.717) is 5.56 Å². The standard InChI is InChI=1S/C16H16N2O2/c1-9-5-6-14-12(7-9)15(11(3)20-14)13-8-10(2)17-18(4)16(13)19/h5-8H,1-4H3. The molecule has 4 nitrogen and oxygen atoms in total. The van der Waals surface area contributed by atoms with Crippen LogP contribution in [0.4, 0.5) is 0 Å². The Morgan fingerprint density at radius 1 is 1.15 bits per heavy atom. The molecule has 3 aromatic rings. The van der Waals surface area contributed by atoms with Gasteiger partial charge in [0.1, 0.15) is 11.3 Å². The summed E-state index contributed by atoms with van der Waals surface area (Å²) in [4.78, 5) is 12.4. The van der Waals surface area contributed by atoms with Gasteiger partial charge in [-0.1, -0.05) is 11.6 Å². The summed E-state index contributed by atoms with van der Waals surface area (Å²) >= 11 is 0. The molecule has 0 aliphatic rings. The van der Waals surface area contributed by atoms with Crippen LogP contribution in [-0.4, -0.2) is 9.78 Å². The minimum absolute atomic E-state index is 0.108. The van der Waals surface area contributed by atoms with Gasteiger partial charge in [0.2, 0.25) is 0 Å². The summed E-state index contributed by atoms with van der Waals surface area (Å²) in [6.07, 6.45) is 0. The topological polar surface area (TPSA) is 48.0 Å². The van der Waals surface area contributed by atoms with Crippen molar-refractivity contribution in [1.82, 2.24) is 9.78 Å². The summed E-state index contributed by atoms with van der Waals surface area (Å²) in [6, 6.07) is 7.82. The predicted molar refractivity (Wildman–Crippen MR) is 78.9 cm³/mol. The third kappa shape index (κ3) is 1.84. The van der Waals surface area contributed by atoms with Crippen LogP contribution in [0.5, 0.6) is 0 Å². The summed E-state index contributed by atoms with van der Waals surface area (Å²) in [6.45, 7) is 5.80. The quantitative estimate of drug-likeness (QED) is 0.681. The number of aryl methyl sites for hydroxylation is 4. The maximum atomic E-state index is 12.4. The van der Waals surface area contributed by atoms with Crippen molar-refractivity contribution >= 4 is 11.0 Å². The molecule has 0 bridgehead atoms. The van der Waals surface area contributed by atoms with Crippen LogP contribution in [0.2, 0.25) is 0 Å². The largest absolute Gasteiger partial charge is 0.461 e. The van der Waals surface area contributed by atoms with Crippen molar-refractivity contribution in [3.8, 4) is 11.1 Å². The van der Waals surface area contributed by atoms with E-state index in [0.717, 1.165) is 33.6 Å². The van der Waals surface area contributed by atoms with Crippen molar-refractivity contribution < 1.29 is 4.42 Å². The second-order valence-electron chi connectivity index (χ2n) is 5.16. The van der Waals surface area contributed by atoms with Gasteiger partial charge in [0, 0.05) is 18.0 Å². The van der Waals surface area contributed by atoms with Crippen molar-refractivity contribution in [3.05, 3.63) is 51.6 Å². The lowest BCUT2D eigenvalue weighted by atomic mass is 10.0. The Morgan fingerprint density at radius 2 is 1.90 bits per heavy atom. The fraction of sp³-hybridized carbons (Fsp3) is 0.250. The Hall–Kier alpha value is -2.36. The molecular formula is C16H16N2O2. The van der Waals surface area contributed by atoms with Crippen LogP contribution >= 0.6 is 0 Å². The molecule has 0 unspecified atom stereocenters. The van der Waals surface area contributed by atoms with E-state index < -0.39 is 0 Å². The lowest BCUT2D eigenvalue weighted by Crippen LogP contribution is -2.22. The molecule has 3 rings (SSSR count). The highest BCUT2D eigenvalue weighted by Crippen LogP contribution is 2.33. The van der Waals surface area contributed by atoms with Gasteiger partial charge >= 0.3 is 0 Å². The van der Waals surface area contributed by atoms with Gasteiger partial charge in [0.25, 0.3) is 5.56 Å². The van der Waals surface area contributed by atoms with Gasteiger partial charge in [-0.2, -0.15) is 5.10 Å². The van der Waals surface area contributed by atoms with Crippen molar-refractivity contribution in [2.75, 3.05) is 0 Å². The van der Waals surface area contributed by atoms with Gasteiger partial charge in [-0.3, -0.25) is 4.79 Å². The van der Waals surface area contributed by atoms with Gasteiger partial charge in [0.05, 0.1) is 11.3 Å². The van der Waals surface area contributed by atoms with Crippen LogP contribution < -0.4 is 5.56 Å². The lowest BCUT2D eigenvalue weighted by molar-refractivity contribution is 0.579. The minimum atomic E-state index is -0.108. The first-order valence-electron chi connectivity index (χ1n) is 6.52. The van der Waals surface area contributed by atoms with E-state index in [1.807, 2.05) is 39.0 Å². The van der Waals surface area contributed by atoms with Gasteiger partial charge < -0.3 is 4.42 Å². The summed E-state index contributed by atoms with van der Waals surface area (Å²) < 4.78 is 7.15. The SMILES string of the molecule is Cc1ccc2oc(C)c(-c3cc(C)nn(C)c3=O)c2c1. The van der Waals surface area contributed by atoms with Crippen LogP contribution in [-0.2, 0) is 7.05 Å². The first-order chi connectivity index (χ1) is 9.47. The molecule has 0 atom stereocenters. The number of aromatic nitrogens is 2. The summed E-state index contributed by atoms with van der Waals surface area (Å²) in [5.41, 5.74) is 4.16. The van der Waals surface area contributed by atoms with Crippen LogP contribution in [0.15, 0.2) is 33.5 Å². The number of hydrogen-bond donors (Lipinski definition) is 0. The number of benzene rings is 1. The van der Waals surface area contributed by atoms with Gasteiger partial charge in [-0.15, -0.1) is 0 Å². The highest BCUT2D eigenvalue weighted by Gasteiger charge is 2.17. The molecule has 0 saturated carbocycles. The summed E-state index contributed by atoms with van der Waals surface area (Å²) in [7, 11) is 1.67. The van der Waals surface area contributed by atoms with E-state index >= 15 is 0 Å². The third-order valence-electron chi connectivity index (χ3n) is 3.47. The molecule has 2 heterocycles. The fourth-order valence-electron chi connectivity index (χ4n) is 2.60. The zero-order chi connectivity index (χ0) is 14.4. The molecular weight excluding hydrogens is 252 g/mol. The zero-order valence-electron chi connectivity index (χ0n) is 12.0. The van der Waals surface area contributed by atoms with Crippen molar-refractivity contribution in [1.29, 1.82) is 0 Å². The van der Waals surface area contributed by atoms with E-state index in [1.165, 1.54) is 4.68 Å². The van der Waals surface area contributed by atoms with Crippen molar-refractivity contribution in [2.45, 2.75) is 20.8 Å². The molecule has 0 N–H and O–H groups in total. The van der Waals surface area contributed by atoms with Gasteiger partial charge in [0.15, 0.2) is 0 Å². The molecule has 2 aromatic heterocycles. The second kappa shape index (κ2) is 4.34. The first kappa shape index (κ1) is 12.7. The Kier molecular flexibility index (Phi) is 2.74. The smallest absolute Gasteiger partial charge is 0.274 e. The maximum absolute atomic E-state index is 12.4. The highest BCUT2D eigenvalue weighted by atomic mass is 16.3. The third-order valence-corrected chi connectivity index (χ3v) is 3.47. The molecule has 0 aliphatic heterocycles. The molecule has 1 aromatic carbocycles. The highest BCUT2D eigenvalue weighted by molar-refractivity contribution is 5.95. The van der Waals surface area contributed by atoms with Gasteiger partial charge in [-0.05, 0) is 39.0 Å². The molecule has 0 spiro atoms. The molecule has 0 radical (unpaired) electrons. The minimum Gasteiger partial charge on any atom is -0.461 e. The van der Waals surface area contributed by atoms with Crippen molar-refractivity contribution in [3.63, 3.8) is 0 Å². The number of fused-ring (bicyclic) bond motifs is 1. The molecule has 4 heteroatoms. The zero-order valence-corrected chi connectivity index (χ0v) is 12.0. The molecule has 102 valence electrons. The second-order valence-corrected chi connectivity index (χ2v) is 5.16. The average molecular weight is 268 g/mol. The Morgan fingerprint density at radius 3 is 2.65 bits per heavy atom. The Labute approximate surface area is 116 Å². The van der Waals surface area contributed by atoms with Gasteiger partial charge in [-0.25, -0.2) is 4.68 Å². The fourth-order valence-corrected chi connectivity index (χ4v) is 2.60. The van der Waals surface area contributed by atoms with E-state index in [-0.39, 0.29) is 5.56 Å². The monoisotopic (exact) mass is 268 g/mol. The number of rotatable bonds is 1. The van der Waals surface area contributed by atoms with Crippen LogP contribution in [0, 0.1) is 20.8 Å². The molecule has 20 heavy (non-hydrogen) atoms. The van der Waals surface area contributed by atoms with Crippen LogP contribution in [0.3, 0.4) is 0 Å². The normalized spacial score (nSPS) is 11.2. The number of nitrogens with zero attached hydrogens (tertiary/aromatic N) is 2. The lowest BCUT2D eigenvalue weighted by Gasteiger charge is -2.04. The maximum Gasteiger partial charge on any atom is 0.274 e. The summed E-state index contributed by atoms with van der Waals surface area (Å²) in [5.74, 6) is 0.758. The number of furan rings is 1. The summed E-state index contributed by atoms with van der Waals surface area (Å²) in [5, 5.41) is 5.12. The Balaban J connectivity index is 2.43. The molecule has 0 aliphatic carbocycles. The van der Waals surface area contributed by atoms with Crippen LogP contribution in [0.25, 0.3) is 22.1 Å². The molecule has 0 saturated heterocycles. The molecule has 0 amide bonds. The first-order valence-corrected chi connectivity index (χ1v) is 6.52. The number of hydrogen-bond acceptors (Lipinski definition) is 3. The Bertz CT molecular complexity index is 872. The van der Waals surface area contributed by atoms with E-state index in [4.69, 9.17) is 4.42 Å². The van der Waals surface area contributed by atoms with E-state index in [2.05, 4.69) is 11.2 Å². The molecule has 0 fully saturated rings. The predicted octanol–water partition coefficient (Wildman–Crippen LogP) is 3.12. The van der Waals surface area contributed by atoms with E-state index in [9.17, 15) is 4.79 Å². The van der Waals surface area contributed by atoms with Crippen molar-refractivity contribution in [2.24, 2.45) is 7.05 Å².